The van der Waals surface area contributed by atoms with Gasteiger partial charge in [-0.25, -0.2) is 13.6 Å². The number of ether oxygens (including phenoxy) is 2. The van der Waals surface area contributed by atoms with Crippen molar-refractivity contribution in [1.82, 2.24) is 0 Å². The van der Waals surface area contributed by atoms with Crippen molar-refractivity contribution < 1.29 is 32.5 Å². The summed E-state index contributed by atoms with van der Waals surface area (Å²) in [5.74, 6) is -6.98. The van der Waals surface area contributed by atoms with Gasteiger partial charge >= 0.3 is 5.97 Å². The summed E-state index contributed by atoms with van der Waals surface area (Å²) < 4.78 is 50.5. The molecule has 0 heterocycles. The van der Waals surface area contributed by atoms with Crippen LogP contribution in [-0.4, -0.2) is 18.2 Å². The first-order valence-corrected chi connectivity index (χ1v) is 5.66. The Morgan fingerprint density at radius 3 is 2.14 bits per heavy atom. The number of rotatable bonds is 4. The van der Waals surface area contributed by atoms with E-state index >= 15 is 0 Å². The first kappa shape index (κ1) is 14.7. The number of hydrogen-bond acceptors (Lipinski definition) is 3. The maximum Gasteiger partial charge on any atom is 0.338 e. The van der Waals surface area contributed by atoms with Crippen LogP contribution in [0.2, 0.25) is 0 Å². The quantitative estimate of drug-likeness (QED) is 0.876. The molecule has 0 aliphatic carbocycles. The molecule has 4 nitrogen and oxygen atoms in total. The third-order valence-corrected chi connectivity index (χ3v) is 2.63. The van der Waals surface area contributed by atoms with Gasteiger partial charge in [-0.2, -0.15) is 4.39 Å². The van der Waals surface area contributed by atoms with Crippen LogP contribution in [0.3, 0.4) is 0 Å². The number of aromatic carboxylic acids is 1. The average molecular weight is 298 g/mol. The van der Waals surface area contributed by atoms with E-state index in [2.05, 4.69) is 0 Å². The molecule has 0 atom stereocenters. The highest BCUT2D eigenvalue weighted by Crippen LogP contribution is 2.32. The SMILES string of the molecule is COc1ccc(Oc2c(F)c(F)cc(C(=O)O)c2F)cc1. The summed E-state index contributed by atoms with van der Waals surface area (Å²) in [6.45, 7) is 0. The van der Waals surface area contributed by atoms with Gasteiger partial charge in [0.05, 0.1) is 7.11 Å². The Labute approximate surface area is 117 Å². The topological polar surface area (TPSA) is 55.8 Å². The predicted molar refractivity (Wildman–Crippen MR) is 66.3 cm³/mol. The molecule has 2 rings (SSSR count). The third-order valence-electron chi connectivity index (χ3n) is 2.63. The Bertz CT molecular complexity index is 684. The summed E-state index contributed by atoms with van der Waals surface area (Å²) in [5, 5.41) is 8.74. The fourth-order valence-corrected chi connectivity index (χ4v) is 1.59. The van der Waals surface area contributed by atoms with Crippen LogP contribution >= 0.6 is 0 Å². The van der Waals surface area contributed by atoms with Crippen LogP contribution in [0, 0.1) is 17.5 Å². The molecule has 110 valence electrons. The number of hydrogen-bond donors (Lipinski definition) is 1. The van der Waals surface area contributed by atoms with Gasteiger partial charge in [-0.3, -0.25) is 0 Å². The lowest BCUT2D eigenvalue weighted by Gasteiger charge is -2.10. The molecule has 0 radical (unpaired) electrons. The first-order valence-electron chi connectivity index (χ1n) is 5.66. The lowest BCUT2D eigenvalue weighted by atomic mass is 10.2. The summed E-state index contributed by atoms with van der Waals surface area (Å²) in [6, 6.07) is 5.85. The number of carboxylic acid groups (broad SMARTS) is 1. The summed E-state index contributed by atoms with van der Waals surface area (Å²) >= 11 is 0. The van der Waals surface area contributed by atoms with E-state index in [0.29, 0.717) is 5.75 Å². The summed E-state index contributed by atoms with van der Waals surface area (Å²) in [4.78, 5) is 10.8. The highest BCUT2D eigenvalue weighted by atomic mass is 19.2. The van der Waals surface area contributed by atoms with Crippen LogP contribution in [0.15, 0.2) is 30.3 Å². The molecule has 1 N–H and O–H groups in total. The Morgan fingerprint density at radius 1 is 1.05 bits per heavy atom. The third kappa shape index (κ3) is 2.91. The van der Waals surface area contributed by atoms with Gasteiger partial charge in [0.1, 0.15) is 17.1 Å². The average Bonchev–Trinajstić information content (AvgIpc) is 2.47. The number of methoxy groups -OCH3 is 1. The molecule has 2 aromatic rings. The monoisotopic (exact) mass is 298 g/mol. The highest BCUT2D eigenvalue weighted by molar-refractivity contribution is 5.88. The van der Waals surface area contributed by atoms with Gasteiger partial charge in [0.2, 0.25) is 11.6 Å². The second kappa shape index (κ2) is 5.74. The van der Waals surface area contributed by atoms with E-state index in [1.54, 1.807) is 0 Å². The van der Waals surface area contributed by atoms with Crippen molar-refractivity contribution in [3.05, 3.63) is 53.3 Å². The molecule has 2 aromatic carbocycles. The van der Waals surface area contributed by atoms with Gasteiger partial charge < -0.3 is 14.6 Å². The number of carboxylic acids is 1. The predicted octanol–water partition coefficient (Wildman–Crippen LogP) is 3.60. The van der Waals surface area contributed by atoms with Crippen molar-refractivity contribution in [1.29, 1.82) is 0 Å². The van der Waals surface area contributed by atoms with E-state index in [9.17, 15) is 18.0 Å². The largest absolute Gasteiger partial charge is 0.497 e. The van der Waals surface area contributed by atoms with Gasteiger partial charge in [0.25, 0.3) is 0 Å². The lowest BCUT2D eigenvalue weighted by molar-refractivity contribution is 0.0690. The molecule has 0 aromatic heterocycles. The minimum atomic E-state index is -1.73. The van der Waals surface area contributed by atoms with Crippen molar-refractivity contribution in [2.75, 3.05) is 7.11 Å². The first-order chi connectivity index (χ1) is 9.93. The Kier molecular flexibility index (Phi) is 4.02. The van der Waals surface area contributed by atoms with E-state index in [1.165, 1.54) is 31.4 Å². The Balaban J connectivity index is 2.45. The maximum absolute atomic E-state index is 13.9. The summed E-state index contributed by atoms with van der Waals surface area (Å²) in [5.41, 5.74) is -1.02. The van der Waals surface area contributed by atoms with Gasteiger partial charge in [0.15, 0.2) is 11.6 Å². The fraction of sp³-hybridized carbons (Fsp3) is 0.0714. The molecule has 0 aliphatic rings. The van der Waals surface area contributed by atoms with Crippen LogP contribution < -0.4 is 9.47 Å². The van der Waals surface area contributed by atoms with Gasteiger partial charge in [0, 0.05) is 0 Å². The number of carbonyl (C=O) groups is 1. The zero-order valence-electron chi connectivity index (χ0n) is 10.7. The molecule has 0 unspecified atom stereocenters. The van der Waals surface area contributed by atoms with Gasteiger partial charge in [-0.1, -0.05) is 0 Å². The molecule has 0 saturated heterocycles. The lowest BCUT2D eigenvalue weighted by Crippen LogP contribution is -2.06. The smallest absolute Gasteiger partial charge is 0.338 e. The minimum Gasteiger partial charge on any atom is -0.497 e. The summed E-state index contributed by atoms with van der Waals surface area (Å²) in [7, 11) is 1.43. The van der Waals surface area contributed by atoms with Crippen LogP contribution in [-0.2, 0) is 0 Å². The Hall–Kier alpha value is -2.70. The van der Waals surface area contributed by atoms with Crippen molar-refractivity contribution in [3.8, 4) is 17.2 Å². The second-order valence-corrected chi connectivity index (χ2v) is 3.95. The van der Waals surface area contributed by atoms with Crippen molar-refractivity contribution in [2.24, 2.45) is 0 Å². The zero-order chi connectivity index (χ0) is 15.6. The molecule has 0 spiro atoms. The van der Waals surface area contributed by atoms with Crippen LogP contribution in [0.4, 0.5) is 13.2 Å². The second-order valence-electron chi connectivity index (χ2n) is 3.95. The van der Waals surface area contributed by atoms with Gasteiger partial charge in [-0.05, 0) is 30.3 Å². The van der Waals surface area contributed by atoms with E-state index in [1.807, 2.05) is 0 Å². The fourth-order valence-electron chi connectivity index (χ4n) is 1.59. The highest BCUT2D eigenvalue weighted by Gasteiger charge is 2.24. The van der Waals surface area contributed by atoms with Crippen LogP contribution in [0.1, 0.15) is 10.4 Å². The van der Waals surface area contributed by atoms with E-state index < -0.39 is 34.7 Å². The molecular formula is C14H9F3O4. The van der Waals surface area contributed by atoms with E-state index in [0.717, 1.165) is 0 Å². The van der Waals surface area contributed by atoms with E-state index in [-0.39, 0.29) is 11.8 Å². The number of halogens is 3. The Morgan fingerprint density at radius 2 is 1.62 bits per heavy atom. The maximum atomic E-state index is 13.9. The number of benzene rings is 2. The summed E-state index contributed by atoms with van der Waals surface area (Å²) in [6.07, 6.45) is 0. The molecule has 0 amide bonds. The van der Waals surface area contributed by atoms with E-state index in [4.69, 9.17) is 14.6 Å². The van der Waals surface area contributed by atoms with Crippen LogP contribution in [0.5, 0.6) is 17.2 Å². The molecule has 21 heavy (non-hydrogen) atoms. The molecule has 0 saturated carbocycles. The normalized spacial score (nSPS) is 10.3. The van der Waals surface area contributed by atoms with Crippen molar-refractivity contribution in [3.63, 3.8) is 0 Å². The van der Waals surface area contributed by atoms with Crippen molar-refractivity contribution in [2.45, 2.75) is 0 Å². The molecule has 0 fully saturated rings. The minimum absolute atomic E-state index is 0.00413. The van der Waals surface area contributed by atoms with Crippen molar-refractivity contribution >= 4 is 5.97 Å². The molecule has 0 aliphatic heterocycles. The molecule has 7 heteroatoms. The van der Waals surface area contributed by atoms with Gasteiger partial charge in [-0.15, -0.1) is 0 Å². The molecular weight excluding hydrogens is 289 g/mol. The molecule has 0 bridgehead atoms. The van der Waals surface area contributed by atoms with Crippen LogP contribution in [0.25, 0.3) is 0 Å². The zero-order valence-corrected chi connectivity index (χ0v) is 10.7. The standard InChI is InChI=1S/C14H9F3O4/c1-20-7-2-4-8(5-3-7)21-13-11(16)9(14(18)19)6-10(15)12(13)17/h2-6H,1H3,(H,18,19).